The van der Waals surface area contributed by atoms with Crippen LogP contribution in [0, 0.1) is 5.82 Å². The molecule has 1 aromatic heterocycles. The number of nitrogens with zero attached hydrogens (tertiary/aromatic N) is 2. The molecule has 1 heterocycles. The summed E-state index contributed by atoms with van der Waals surface area (Å²) in [6.45, 7) is 0.0299. The molecule has 0 bridgehead atoms. The number of nitrogen functional groups attached to an aromatic ring is 1. The summed E-state index contributed by atoms with van der Waals surface area (Å²) in [5.41, 5.74) is 5.99. The van der Waals surface area contributed by atoms with E-state index in [1.165, 1.54) is 31.3 Å². The van der Waals surface area contributed by atoms with Crippen LogP contribution in [-0.4, -0.2) is 24.8 Å². The van der Waals surface area contributed by atoms with Gasteiger partial charge in [-0.15, -0.1) is 0 Å². The van der Waals surface area contributed by atoms with Crippen molar-refractivity contribution in [1.29, 1.82) is 0 Å². The van der Waals surface area contributed by atoms with Crippen LogP contribution in [0.5, 0.6) is 0 Å². The fourth-order valence-corrected chi connectivity index (χ4v) is 3.09. The van der Waals surface area contributed by atoms with E-state index in [2.05, 4.69) is 4.98 Å². The van der Waals surface area contributed by atoms with Crippen LogP contribution in [0.1, 0.15) is 5.56 Å². The van der Waals surface area contributed by atoms with Crippen molar-refractivity contribution in [2.75, 3.05) is 12.8 Å². The molecular weight excluding hydrogens is 317 g/mol. The van der Waals surface area contributed by atoms with Gasteiger partial charge in [-0.05, 0) is 23.8 Å². The summed E-state index contributed by atoms with van der Waals surface area (Å²) >= 11 is 5.79. The van der Waals surface area contributed by atoms with Gasteiger partial charge in [0.1, 0.15) is 16.5 Å². The number of anilines is 1. The van der Waals surface area contributed by atoms with E-state index in [0.717, 1.165) is 10.5 Å². The largest absolute Gasteiger partial charge is 0.382 e. The second kappa shape index (κ2) is 5.97. The lowest BCUT2D eigenvalue weighted by molar-refractivity contribution is 0.465. The molecule has 1 aromatic carbocycles. The highest BCUT2D eigenvalue weighted by molar-refractivity contribution is 7.89. The second-order valence-corrected chi connectivity index (χ2v) is 6.88. The number of hydrogen-bond donors (Lipinski definition) is 1. The van der Waals surface area contributed by atoms with Gasteiger partial charge in [-0.2, -0.15) is 4.31 Å². The van der Waals surface area contributed by atoms with E-state index in [1.54, 1.807) is 6.07 Å². The molecule has 2 aromatic rings. The molecule has 21 heavy (non-hydrogen) atoms. The minimum absolute atomic E-state index is 0.0299. The summed E-state index contributed by atoms with van der Waals surface area (Å²) in [4.78, 5) is 3.66. The number of benzene rings is 1. The van der Waals surface area contributed by atoms with Crippen LogP contribution >= 0.6 is 11.6 Å². The van der Waals surface area contributed by atoms with Gasteiger partial charge in [0.15, 0.2) is 0 Å². The number of sulfonamides is 1. The van der Waals surface area contributed by atoms with E-state index in [-0.39, 0.29) is 22.3 Å². The van der Waals surface area contributed by atoms with E-state index in [0.29, 0.717) is 5.56 Å². The van der Waals surface area contributed by atoms with E-state index in [9.17, 15) is 12.8 Å². The van der Waals surface area contributed by atoms with Crippen LogP contribution in [0.25, 0.3) is 0 Å². The molecule has 0 radical (unpaired) electrons. The minimum Gasteiger partial charge on any atom is -0.382 e. The summed E-state index contributed by atoms with van der Waals surface area (Å²) in [5.74, 6) is -0.362. The van der Waals surface area contributed by atoms with Crippen molar-refractivity contribution in [2.45, 2.75) is 11.4 Å². The lowest BCUT2D eigenvalue weighted by Crippen LogP contribution is -2.26. The summed E-state index contributed by atoms with van der Waals surface area (Å²) < 4.78 is 39.0. The summed E-state index contributed by atoms with van der Waals surface area (Å²) in [6, 6.07) is 6.97. The second-order valence-electron chi connectivity index (χ2n) is 4.43. The molecule has 112 valence electrons. The highest BCUT2D eigenvalue weighted by Gasteiger charge is 2.22. The lowest BCUT2D eigenvalue weighted by atomic mass is 10.2. The minimum atomic E-state index is -3.78. The standard InChI is InChI=1S/C13H13ClFN3O2S/c1-18(8-9-3-2-4-10(15)5-9)21(19,20)11-6-12(14)13(16)17-7-11/h2-7H,8H2,1H3,(H2,16,17). The topological polar surface area (TPSA) is 76.3 Å². The predicted octanol–water partition coefficient (Wildman–Crippen LogP) is 2.28. The van der Waals surface area contributed by atoms with Crippen molar-refractivity contribution in [3.05, 3.63) is 52.9 Å². The number of hydrogen-bond acceptors (Lipinski definition) is 4. The molecular formula is C13H13ClFN3O2S. The van der Waals surface area contributed by atoms with Crippen molar-refractivity contribution in [3.63, 3.8) is 0 Å². The Balaban J connectivity index is 2.28. The number of rotatable bonds is 4. The number of halogens is 2. The van der Waals surface area contributed by atoms with E-state index < -0.39 is 15.8 Å². The van der Waals surface area contributed by atoms with Gasteiger partial charge in [-0.1, -0.05) is 23.7 Å². The molecule has 0 aliphatic carbocycles. The van der Waals surface area contributed by atoms with Crippen molar-refractivity contribution < 1.29 is 12.8 Å². The van der Waals surface area contributed by atoms with Gasteiger partial charge in [-0.25, -0.2) is 17.8 Å². The maximum absolute atomic E-state index is 13.1. The third kappa shape index (κ3) is 3.49. The van der Waals surface area contributed by atoms with Gasteiger partial charge in [0.2, 0.25) is 10.0 Å². The zero-order chi connectivity index (χ0) is 15.6. The predicted molar refractivity (Wildman–Crippen MR) is 78.7 cm³/mol. The van der Waals surface area contributed by atoms with Gasteiger partial charge in [0, 0.05) is 19.8 Å². The maximum Gasteiger partial charge on any atom is 0.244 e. The van der Waals surface area contributed by atoms with Crippen LogP contribution < -0.4 is 5.73 Å². The monoisotopic (exact) mass is 329 g/mol. The Hall–Kier alpha value is -1.70. The highest BCUT2D eigenvalue weighted by atomic mass is 35.5. The van der Waals surface area contributed by atoms with Gasteiger partial charge < -0.3 is 5.73 Å². The van der Waals surface area contributed by atoms with Crippen LogP contribution in [0.3, 0.4) is 0 Å². The Labute approximate surface area is 127 Å². The van der Waals surface area contributed by atoms with Crippen LogP contribution in [0.15, 0.2) is 41.4 Å². The molecule has 0 aliphatic rings. The van der Waals surface area contributed by atoms with Gasteiger partial charge in [-0.3, -0.25) is 0 Å². The molecule has 5 nitrogen and oxygen atoms in total. The Kier molecular flexibility index (Phi) is 4.46. The molecule has 0 saturated heterocycles. The smallest absolute Gasteiger partial charge is 0.244 e. The fraction of sp³-hybridized carbons (Fsp3) is 0.154. The van der Waals surface area contributed by atoms with Gasteiger partial charge in [0.25, 0.3) is 0 Å². The number of aromatic nitrogens is 1. The van der Waals surface area contributed by atoms with Gasteiger partial charge >= 0.3 is 0 Å². The first-order chi connectivity index (χ1) is 9.80. The normalized spacial score (nSPS) is 11.8. The Morgan fingerprint density at radius 3 is 2.71 bits per heavy atom. The number of nitrogens with two attached hydrogens (primary N) is 1. The maximum atomic E-state index is 13.1. The molecule has 0 fully saturated rings. The molecule has 0 unspecified atom stereocenters. The van der Waals surface area contributed by atoms with Crippen molar-refractivity contribution in [1.82, 2.24) is 9.29 Å². The average Bonchev–Trinajstić information content (AvgIpc) is 2.41. The molecule has 0 atom stereocenters. The lowest BCUT2D eigenvalue weighted by Gasteiger charge is -2.17. The summed E-state index contributed by atoms with van der Waals surface area (Å²) in [7, 11) is -2.39. The van der Waals surface area contributed by atoms with Crippen molar-refractivity contribution in [2.24, 2.45) is 0 Å². The van der Waals surface area contributed by atoms with Crippen LogP contribution in [0.2, 0.25) is 5.02 Å². The first-order valence-electron chi connectivity index (χ1n) is 5.92. The Bertz CT molecular complexity index is 768. The van der Waals surface area contributed by atoms with Crippen LogP contribution in [0.4, 0.5) is 10.2 Å². The Morgan fingerprint density at radius 2 is 2.10 bits per heavy atom. The SMILES string of the molecule is CN(Cc1cccc(F)c1)S(=O)(=O)c1cnc(N)c(Cl)c1. The summed E-state index contributed by atoms with van der Waals surface area (Å²) in [6.07, 6.45) is 1.14. The van der Waals surface area contributed by atoms with Crippen LogP contribution in [-0.2, 0) is 16.6 Å². The molecule has 0 aliphatic heterocycles. The first kappa shape index (κ1) is 15.7. The zero-order valence-electron chi connectivity index (χ0n) is 11.1. The van der Waals surface area contributed by atoms with E-state index in [4.69, 9.17) is 17.3 Å². The molecule has 2 N–H and O–H groups in total. The number of pyridine rings is 1. The van der Waals surface area contributed by atoms with Gasteiger partial charge in [0.05, 0.1) is 5.02 Å². The fourth-order valence-electron chi connectivity index (χ4n) is 1.73. The first-order valence-corrected chi connectivity index (χ1v) is 7.74. The average molecular weight is 330 g/mol. The van der Waals surface area contributed by atoms with Crippen molar-refractivity contribution in [3.8, 4) is 0 Å². The molecule has 8 heteroatoms. The summed E-state index contributed by atoms with van der Waals surface area (Å²) in [5, 5.41) is 0.0650. The Morgan fingerprint density at radius 1 is 1.38 bits per heavy atom. The quantitative estimate of drug-likeness (QED) is 0.933. The third-order valence-corrected chi connectivity index (χ3v) is 4.92. The zero-order valence-corrected chi connectivity index (χ0v) is 12.7. The third-order valence-electron chi connectivity index (χ3n) is 2.85. The van der Waals surface area contributed by atoms with E-state index >= 15 is 0 Å². The molecule has 0 saturated carbocycles. The molecule has 0 spiro atoms. The molecule has 2 rings (SSSR count). The van der Waals surface area contributed by atoms with Crippen molar-refractivity contribution >= 4 is 27.4 Å². The molecule has 0 amide bonds. The van der Waals surface area contributed by atoms with E-state index in [1.807, 2.05) is 0 Å². The highest BCUT2D eigenvalue weighted by Crippen LogP contribution is 2.22.